The van der Waals surface area contributed by atoms with Gasteiger partial charge in [-0.05, 0) is 30.3 Å². The second-order valence-electron chi connectivity index (χ2n) is 3.80. The number of hydrogen-bond donors (Lipinski definition) is 1. The third kappa shape index (κ3) is 3.39. The lowest BCUT2D eigenvalue weighted by atomic mass is 10.1. The minimum Gasteiger partial charge on any atom is -0.491 e. The number of aliphatic hydroxyl groups is 1. The average Bonchev–Trinajstić information content (AvgIpc) is 2.38. The van der Waals surface area contributed by atoms with Crippen LogP contribution in [0.4, 0.5) is 0 Å². The SMILES string of the molecule is OC(COc1ccc(Cl)cc1)c1ccccc1Cl. The van der Waals surface area contributed by atoms with Gasteiger partial charge in [-0.2, -0.15) is 0 Å². The largest absolute Gasteiger partial charge is 0.491 e. The summed E-state index contributed by atoms with van der Waals surface area (Å²) in [6, 6.07) is 14.1. The molecule has 0 amide bonds. The number of halogens is 2. The molecule has 0 spiro atoms. The molecule has 0 fully saturated rings. The minimum absolute atomic E-state index is 0.144. The highest BCUT2D eigenvalue weighted by molar-refractivity contribution is 6.31. The van der Waals surface area contributed by atoms with E-state index in [0.717, 1.165) is 0 Å². The van der Waals surface area contributed by atoms with Crippen LogP contribution in [-0.2, 0) is 0 Å². The molecule has 94 valence electrons. The lowest BCUT2D eigenvalue weighted by molar-refractivity contribution is 0.108. The molecule has 0 radical (unpaired) electrons. The van der Waals surface area contributed by atoms with Crippen LogP contribution in [0.3, 0.4) is 0 Å². The molecule has 0 bridgehead atoms. The first-order valence-electron chi connectivity index (χ1n) is 5.47. The van der Waals surface area contributed by atoms with Gasteiger partial charge >= 0.3 is 0 Å². The summed E-state index contributed by atoms with van der Waals surface area (Å²) < 4.78 is 5.46. The summed E-state index contributed by atoms with van der Waals surface area (Å²) in [4.78, 5) is 0. The molecule has 0 saturated heterocycles. The first kappa shape index (κ1) is 13.2. The molecule has 0 aliphatic rings. The Hall–Kier alpha value is -1.22. The Morgan fingerprint density at radius 1 is 1.00 bits per heavy atom. The van der Waals surface area contributed by atoms with Crippen LogP contribution in [0, 0.1) is 0 Å². The topological polar surface area (TPSA) is 29.5 Å². The average molecular weight is 283 g/mol. The van der Waals surface area contributed by atoms with Gasteiger partial charge in [0.05, 0.1) is 0 Å². The van der Waals surface area contributed by atoms with E-state index < -0.39 is 6.10 Å². The van der Waals surface area contributed by atoms with E-state index in [1.54, 1.807) is 36.4 Å². The number of rotatable bonds is 4. The molecule has 2 nitrogen and oxygen atoms in total. The predicted molar refractivity (Wildman–Crippen MR) is 73.4 cm³/mol. The Bertz CT molecular complexity index is 511. The predicted octanol–water partition coefficient (Wildman–Crippen LogP) is 4.11. The molecule has 2 rings (SSSR count). The summed E-state index contributed by atoms with van der Waals surface area (Å²) in [7, 11) is 0. The zero-order valence-electron chi connectivity index (χ0n) is 9.51. The number of benzene rings is 2. The molecule has 0 aliphatic carbocycles. The van der Waals surface area contributed by atoms with Crippen molar-refractivity contribution in [2.24, 2.45) is 0 Å². The summed E-state index contributed by atoms with van der Waals surface area (Å²) >= 11 is 11.8. The second kappa shape index (κ2) is 6.10. The van der Waals surface area contributed by atoms with Crippen LogP contribution < -0.4 is 4.74 Å². The van der Waals surface area contributed by atoms with Crippen molar-refractivity contribution in [1.29, 1.82) is 0 Å². The van der Waals surface area contributed by atoms with Crippen LogP contribution >= 0.6 is 23.2 Å². The van der Waals surface area contributed by atoms with Gasteiger partial charge in [-0.25, -0.2) is 0 Å². The van der Waals surface area contributed by atoms with Crippen LogP contribution in [0.5, 0.6) is 5.75 Å². The first-order valence-corrected chi connectivity index (χ1v) is 6.23. The molecule has 0 aliphatic heterocycles. The van der Waals surface area contributed by atoms with Crippen molar-refractivity contribution in [2.75, 3.05) is 6.61 Å². The third-order valence-electron chi connectivity index (χ3n) is 2.49. The normalized spacial score (nSPS) is 12.2. The number of hydrogen-bond acceptors (Lipinski definition) is 2. The molecule has 1 N–H and O–H groups in total. The van der Waals surface area contributed by atoms with E-state index in [1.165, 1.54) is 0 Å². The Kier molecular flexibility index (Phi) is 4.48. The van der Waals surface area contributed by atoms with Gasteiger partial charge in [0.2, 0.25) is 0 Å². The Labute approximate surface area is 116 Å². The smallest absolute Gasteiger partial charge is 0.119 e. The van der Waals surface area contributed by atoms with Gasteiger partial charge in [0, 0.05) is 15.6 Å². The van der Waals surface area contributed by atoms with Gasteiger partial charge in [0.25, 0.3) is 0 Å². The van der Waals surface area contributed by atoms with E-state index in [1.807, 2.05) is 12.1 Å². The molecular formula is C14H12Cl2O2. The van der Waals surface area contributed by atoms with Crippen molar-refractivity contribution in [2.45, 2.75) is 6.10 Å². The second-order valence-corrected chi connectivity index (χ2v) is 4.65. The summed E-state index contributed by atoms with van der Waals surface area (Å²) in [5.41, 5.74) is 0.660. The summed E-state index contributed by atoms with van der Waals surface area (Å²) in [5.74, 6) is 0.658. The van der Waals surface area contributed by atoms with E-state index in [-0.39, 0.29) is 6.61 Å². The van der Waals surface area contributed by atoms with Gasteiger partial charge in [0.1, 0.15) is 18.5 Å². The van der Waals surface area contributed by atoms with E-state index >= 15 is 0 Å². The maximum Gasteiger partial charge on any atom is 0.119 e. The lowest BCUT2D eigenvalue weighted by Gasteiger charge is -2.13. The van der Waals surface area contributed by atoms with Crippen molar-refractivity contribution >= 4 is 23.2 Å². The van der Waals surface area contributed by atoms with Gasteiger partial charge in [-0.3, -0.25) is 0 Å². The zero-order chi connectivity index (χ0) is 13.0. The molecule has 0 saturated carbocycles. The summed E-state index contributed by atoms with van der Waals surface area (Å²) in [6.45, 7) is 0.144. The molecule has 18 heavy (non-hydrogen) atoms. The molecule has 0 heterocycles. The van der Waals surface area contributed by atoms with Crippen molar-refractivity contribution in [1.82, 2.24) is 0 Å². The number of aliphatic hydroxyl groups excluding tert-OH is 1. The standard InChI is InChI=1S/C14H12Cl2O2/c15-10-5-7-11(8-6-10)18-9-14(17)12-3-1-2-4-13(12)16/h1-8,14,17H,9H2. The maximum atomic E-state index is 9.98. The molecule has 0 aromatic heterocycles. The Morgan fingerprint density at radius 2 is 1.67 bits per heavy atom. The van der Waals surface area contributed by atoms with Gasteiger partial charge < -0.3 is 9.84 Å². The first-order chi connectivity index (χ1) is 8.66. The third-order valence-corrected chi connectivity index (χ3v) is 3.08. The van der Waals surface area contributed by atoms with Crippen LogP contribution in [0.2, 0.25) is 10.0 Å². The van der Waals surface area contributed by atoms with Crippen molar-refractivity contribution in [3.8, 4) is 5.75 Å². The minimum atomic E-state index is -0.755. The Morgan fingerprint density at radius 3 is 2.33 bits per heavy atom. The highest BCUT2D eigenvalue weighted by Gasteiger charge is 2.11. The van der Waals surface area contributed by atoms with Crippen molar-refractivity contribution in [3.63, 3.8) is 0 Å². The molecule has 1 atom stereocenters. The monoisotopic (exact) mass is 282 g/mol. The molecule has 2 aromatic carbocycles. The fraction of sp³-hybridized carbons (Fsp3) is 0.143. The van der Waals surface area contributed by atoms with Crippen LogP contribution in [0.1, 0.15) is 11.7 Å². The summed E-state index contributed by atoms with van der Waals surface area (Å²) in [6.07, 6.45) is -0.755. The van der Waals surface area contributed by atoms with Crippen LogP contribution in [-0.4, -0.2) is 11.7 Å². The van der Waals surface area contributed by atoms with E-state index in [0.29, 0.717) is 21.4 Å². The van der Waals surface area contributed by atoms with Gasteiger partial charge in [0.15, 0.2) is 0 Å². The fourth-order valence-electron chi connectivity index (χ4n) is 1.54. The zero-order valence-corrected chi connectivity index (χ0v) is 11.0. The highest BCUT2D eigenvalue weighted by atomic mass is 35.5. The Balaban J connectivity index is 1.98. The van der Waals surface area contributed by atoms with Crippen molar-refractivity contribution in [3.05, 3.63) is 64.1 Å². The lowest BCUT2D eigenvalue weighted by Crippen LogP contribution is -2.10. The fourth-order valence-corrected chi connectivity index (χ4v) is 1.93. The van der Waals surface area contributed by atoms with E-state index in [2.05, 4.69) is 0 Å². The summed E-state index contributed by atoms with van der Waals surface area (Å²) in [5, 5.41) is 11.2. The molecule has 1 unspecified atom stereocenters. The molecule has 4 heteroatoms. The van der Waals surface area contributed by atoms with Crippen LogP contribution in [0.25, 0.3) is 0 Å². The maximum absolute atomic E-state index is 9.98. The van der Waals surface area contributed by atoms with Crippen molar-refractivity contribution < 1.29 is 9.84 Å². The number of ether oxygens (including phenoxy) is 1. The highest BCUT2D eigenvalue weighted by Crippen LogP contribution is 2.23. The van der Waals surface area contributed by atoms with Crippen LogP contribution in [0.15, 0.2) is 48.5 Å². The van der Waals surface area contributed by atoms with E-state index in [4.69, 9.17) is 27.9 Å². The van der Waals surface area contributed by atoms with E-state index in [9.17, 15) is 5.11 Å². The molecule has 2 aromatic rings. The van der Waals surface area contributed by atoms with Gasteiger partial charge in [-0.1, -0.05) is 41.4 Å². The molecular weight excluding hydrogens is 271 g/mol. The van der Waals surface area contributed by atoms with Gasteiger partial charge in [-0.15, -0.1) is 0 Å². The quantitative estimate of drug-likeness (QED) is 0.915.